The fraction of sp³-hybridized carbons (Fsp3) is 0.600. The number of anilines is 1. The minimum atomic E-state index is -0.449. The number of aliphatic imine (C=N–C) groups is 2. The lowest BCUT2D eigenvalue weighted by Gasteiger charge is -2.24. The lowest BCUT2D eigenvalue weighted by molar-refractivity contribution is -0.119. The van der Waals surface area contributed by atoms with Crippen LogP contribution in [-0.2, 0) is 9.53 Å². The largest absolute Gasteiger partial charge is 0.381 e. The number of aromatic nitrogens is 1. The molecule has 3 N–H and O–H groups in total. The summed E-state index contributed by atoms with van der Waals surface area (Å²) in [4.78, 5) is 25.1. The van der Waals surface area contributed by atoms with Crippen molar-refractivity contribution in [1.29, 1.82) is 0 Å². The van der Waals surface area contributed by atoms with Gasteiger partial charge in [-0.2, -0.15) is 0 Å². The fourth-order valence-corrected chi connectivity index (χ4v) is 3.82. The van der Waals surface area contributed by atoms with Crippen molar-refractivity contribution in [3.8, 4) is 0 Å². The molecule has 1 aromatic heterocycles. The molecule has 2 saturated heterocycles. The number of amidine groups is 1. The van der Waals surface area contributed by atoms with Crippen molar-refractivity contribution < 1.29 is 13.9 Å². The lowest BCUT2D eigenvalue weighted by atomic mass is 10.00. The summed E-state index contributed by atoms with van der Waals surface area (Å²) < 4.78 is 19.8. The quantitative estimate of drug-likeness (QED) is 0.690. The van der Waals surface area contributed by atoms with Crippen LogP contribution in [-0.4, -0.2) is 62.0 Å². The molecule has 9 heteroatoms. The third kappa shape index (κ3) is 5.16. The molecule has 0 aliphatic carbocycles. The van der Waals surface area contributed by atoms with Gasteiger partial charge >= 0.3 is 0 Å². The van der Waals surface area contributed by atoms with Gasteiger partial charge in [-0.15, -0.1) is 0 Å². The van der Waals surface area contributed by atoms with Crippen molar-refractivity contribution in [3.05, 3.63) is 23.6 Å². The SMILES string of the molecule is O=C(Nc1cc(C2=NCN=C(NCC3CCOCC3)C2)c(F)cn1)C1CCNC1. The zero-order valence-electron chi connectivity index (χ0n) is 16.4. The van der Waals surface area contributed by atoms with E-state index in [-0.39, 0.29) is 18.5 Å². The van der Waals surface area contributed by atoms with Crippen molar-refractivity contribution in [2.24, 2.45) is 21.8 Å². The molecular weight excluding hydrogens is 375 g/mol. The van der Waals surface area contributed by atoms with Crippen molar-refractivity contribution in [3.63, 3.8) is 0 Å². The molecule has 156 valence electrons. The molecule has 0 spiro atoms. The number of amides is 1. The molecule has 1 aromatic rings. The minimum absolute atomic E-state index is 0.0783. The first kappa shape index (κ1) is 19.9. The molecule has 0 radical (unpaired) electrons. The van der Waals surface area contributed by atoms with E-state index in [1.54, 1.807) is 6.07 Å². The second-order valence-electron chi connectivity index (χ2n) is 7.69. The Bertz CT molecular complexity index is 800. The van der Waals surface area contributed by atoms with Gasteiger partial charge in [0.2, 0.25) is 5.91 Å². The van der Waals surface area contributed by atoms with Crippen LogP contribution in [0.15, 0.2) is 22.2 Å². The molecule has 0 saturated carbocycles. The maximum absolute atomic E-state index is 14.5. The molecule has 29 heavy (non-hydrogen) atoms. The third-order valence-electron chi connectivity index (χ3n) is 5.64. The Hall–Kier alpha value is -2.39. The average molecular weight is 402 g/mol. The molecule has 0 bridgehead atoms. The number of hydrogen-bond acceptors (Lipinski definition) is 7. The first-order chi connectivity index (χ1) is 14.2. The van der Waals surface area contributed by atoms with Gasteiger partial charge in [-0.3, -0.25) is 9.79 Å². The summed E-state index contributed by atoms with van der Waals surface area (Å²) >= 11 is 0. The third-order valence-corrected chi connectivity index (χ3v) is 5.64. The molecule has 4 rings (SSSR count). The Kier molecular flexibility index (Phi) is 6.46. The first-order valence-electron chi connectivity index (χ1n) is 10.2. The van der Waals surface area contributed by atoms with Crippen LogP contribution in [0.3, 0.4) is 0 Å². The summed E-state index contributed by atoms with van der Waals surface area (Å²) in [6.45, 7) is 4.21. The van der Waals surface area contributed by atoms with Crippen LogP contribution in [0.2, 0.25) is 0 Å². The van der Waals surface area contributed by atoms with Gasteiger partial charge in [0.1, 0.15) is 18.3 Å². The van der Waals surface area contributed by atoms with Gasteiger partial charge in [-0.25, -0.2) is 14.4 Å². The molecule has 4 heterocycles. The Labute approximate surface area is 169 Å². The number of carbonyl (C=O) groups excluding carboxylic acids is 1. The van der Waals surface area contributed by atoms with Crippen LogP contribution in [0.5, 0.6) is 0 Å². The van der Waals surface area contributed by atoms with Crippen molar-refractivity contribution in [1.82, 2.24) is 15.6 Å². The minimum Gasteiger partial charge on any atom is -0.381 e. The van der Waals surface area contributed by atoms with Crippen LogP contribution >= 0.6 is 0 Å². The second kappa shape index (κ2) is 9.41. The van der Waals surface area contributed by atoms with Gasteiger partial charge in [-0.05, 0) is 37.8 Å². The van der Waals surface area contributed by atoms with E-state index in [9.17, 15) is 9.18 Å². The number of nitrogens with one attached hydrogen (secondary N) is 3. The summed E-state index contributed by atoms with van der Waals surface area (Å²) in [7, 11) is 0. The number of ether oxygens (including phenoxy) is 1. The number of carbonyl (C=O) groups is 1. The molecule has 2 fully saturated rings. The van der Waals surface area contributed by atoms with Gasteiger partial charge in [0, 0.05) is 38.3 Å². The molecule has 3 aliphatic rings. The van der Waals surface area contributed by atoms with Gasteiger partial charge in [0.15, 0.2) is 5.82 Å². The molecule has 8 nitrogen and oxygen atoms in total. The van der Waals surface area contributed by atoms with E-state index in [2.05, 4.69) is 30.9 Å². The standard InChI is InChI=1S/C20H27FN6O2/c21-16-11-24-19(27-20(28)14-1-4-22-10-14)7-15(16)17-8-18(26-12-25-17)23-9-13-2-5-29-6-3-13/h7,11,13-14,22H,1-6,8-10,12H2,(H,23,26)(H,24,27,28). The maximum Gasteiger partial charge on any atom is 0.229 e. The molecule has 1 amide bonds. The van der Waals surface area contributed by atoms with E-state index in [1.807, 2.05) is 0 Å². The Morgan fingerprint density at radius 3 is 2.93 bits per heavy atom. The Morgan fingerprint density at radius 2 is 2.14 bits per heavy atom. The van der Waals surface area contributed by atoms with E-state index < -0.39 is 5.82 Å². The van der Waals surface area contributed by atoms with Crippen LogP contribution in [0.1, 0.15) is 31.2 Å². The Morgan fingerprint density at radius 1 is 1.28 bits per heavy atom. The average Bonchev–Trinajstić information content (AvgIpc) is 3.30. The van der Waals surface area contributed by atoms with Crippen LogP contribution < -0.4 is 16.0 Å². The monoisotopic (exact) mass is 402 g/mol. The number of rotatable bonds is 5. The highest BCUT2D eigenvalue weighted by molar-refractivity contribution is 6.13. The van der Waals surface area contributed by atoms with Crippen LogP contribution in [0, 0.1) is 17.7 Å². The highest BCUT2D eigenvalue weighted by atomic mass is 19.1. The molecule has 1 unspecified atom stereocenters. The second-order valence-corrected chi connectivity index (χ2v) is 7.69. The van der Waals surface area contributed by atoms with Crippen molar-refractivity contribution in [2.75, 3.05) is 44.8 Å². The predicted octanol–water partition coefficient (Wildman–Crippen LogP) is 1.33. The Balaban J connectivity index is 1.38. The number of hydrogen-bond donors (Lipinski definition) is 3. The van der Waals surface area contributed by atoms with E-state index >= 15 is 0 Å². The van der Waals surface area contributed by atoms with Crippen LogP contribution in [0.4, 0.5) is 10.2 Å². The van der Waals surface area contributed by atoms with Crippen molar-refractivity contribution in [2.45, 2.75) is 25.7 Å². The summed E-state index contributed by atoms with van der Waals surface area (Å²) in [6.07, 6.45) is 4.45. The van der Waals surface area contributed by atoms with E-state index in [0.717, 1.165) is 57.6 Å². The van der Waals surface area contributed by atoms with Gasteiger partial charge in [0.25, 0.3) is 0 Å². The topological polar surface area (TPSA) is 100 Å². The van der Waals surface area contributed by atoms with E-state index in [0.29, 0.717) is 36.0 Å². The smallest absolute Gasteiger partial charge is 0.229 e. The first-order valence-corrected chi connectivity index (χ1v) is 10.2. The molecule has 0 aromatic carbocycles. The van der Waals surface area contributed by atoms with Gasteiger partial charge in [0.05, 0.1) is 17.8 Å². The van der Waals surface area contributed by atoms with Crippen molar-refractivity contribution >= 4 is 23.3 Å². The highest BCUT2D eigenvalue weighted by Crippen LogP contribution is 2.19. The van der Waals surface area contributed by atoms with E-state index in [4.69, 9.17) is 4.74 Å². The zero-order chi connectivity index (χ0) is 20.1. The normalized spacial score (nSPS) is 22.7. The summed E-state index contributed by atoms with van der Waals surface area (Å²) in [5.74, 6) is 1.12. The molecule has 3 aliphatic heterocycles. The number of nitrogens with zero attached hydrogens (tertiary/aromatic N) is 3. The summed E-state index contributed by atoms with van der Waals surface area (Å²) in [5.41, 5.74) is 0.979. The number of pyridine rings is 1. The zero-order valence-corrected chi connectivity index (χ0v) is 16.4. The molecular formula is C20H27FN6O2. The summed E-state index contributed by atoms with van der Waals surface area (Å²) in [5, 5.41) is 9.36. The van der Waals surface area contributed by atoms with E-state index in [1.165, 1.54) is 0 Å². The predicted molar refractivity (Wildman–Crippen MR) is 109 cm³/mol. The fourth-order valence-electron chi connectivity index (χ4n) is 3.82. The summed E-state index contributed by atoms with van der Waals surface area (Å²) in [6, 6.07) is 1.57. The van der Waals surface area contributed by atoms with Gasteiger partial charge in [-0.1, -0.05) is 0 Å². The van der Waals surface area contributed by atoms with Crippen LogP contribution in [0.25, 0.3) is 0 Å². The van der Waals surface area contributed by atoms with Gasteiger partial charge < -0.3 is 20.7 Å². The number of halogens is 1. The lowest BCUT2D eigenvalue weighted by Crippen LogP contribution is -2.35. The maximum atomic E-state index is 14.5. The highest BCUT2D eigenvalue weighted by Gasteiger charge is 2.24. The molecule has 1 atom stereocenters.